The number of methoxy groups -OCH3 is 1. The van der Waals surface area contributed by atoms with Gasteiger partial charge in [-0.25, -0.2) is 9.37 Å². The zero-order valence-electron chi connectivity index (χ0n) is 18.6. The highest BCUT2D eigenvalue weighted by atomic mass is 35.5. The number of pyridine rings is 1. The minimum Gasteiger partial charge on any atom is -0.474 e. The van der Waals surface area contributed by atoms with Crippen molar-refractivity contribution in [2.75, 3.05) is 50.9 Å². The lowest BCUT2D eigenvalue weighted by Gasteiger charge is -2.34. The van der Waals surface area contributed by atoms with Crippen molar-refractivity contribution in [2.45, 2.75) is 19.4 Å². The van der Waals surface area contributed by atoms with Crippen LogP contribution >= 0.6 is 11.6 Å². The number of carbonyl (C=O) groups is 2. The Labute approximate surface area is 197 Å². The predicted molar refractivity (Wildman–Crippen MR) is 122 cm³/mol. The molecule has 2 aromatic rings. The third-order valence-electron chi connectivity index (χ3n) is 5.08. The third-order valence-corrected chi connectivity index (χ3v) is 5.31. The first-order valence-electron chi connectivity index (χ1n) is 10.6. The SMILES string of the molecule is COCCOCCNC(=O)c1nc2c(cc1Cc1ccc(F)cc1)N(C(=O)CCl)C(C)CO2. The zero-order chi connectivity index (χ0) is 23.8. The van der Waals surface area contributed by atoms with Crippen LogP contribution in [0.25, 0.3) is 0 Å². The number of nitrogens with zero attached hydrogens (tertiary/aromatic N) is 2. The number of alkyl halides is 1. The van der Waals surface area contributed by atoms with E-state index in [0.717, 1.165) is 5.56 Å². The van der Waals surface area contributed by atoms with E-state index in [1.54, 1.807) is 30.2 Å². The summed E-state index contributed by atoms with van der Waals surface area (Å²) < 4.78 is 29.4. The van der Waals surface area contributed by atoms with E-state index in [9.17, 15) is 14.0 Å². The molecule has 10 heteroatoms. The number of nitrogens with one attached hydrogen (secondary N) is 1. The van der Waals surface area contributed by atoms with Gasteiger partial charge in [0.25, 0.3) is 5.91 Å². The van der Waals surface area contributed by atoms with Gasteiger partial charge in [-0.1, -0.05) is 12.1 Å². The summed E-state index contributed by atoms with van der Waals surface area (Å²) in [6.45, 7) is 3.57. The zero-order valence-corrected chi connectivity index (χ0v) is 19.4. The van der Waals surface area contributed by atoms with Gasteiger partial charge in [0.05, 0.1) is 25.9 Å². The number of fused-ring (bicyclic) bond motifs is 1. The van der Waals surface area contributed by atoms with Crippen LogP contribution in [0.1, 0.15) is 28.5 Å². The summed E-state index contributed by atoms with van der Waals surface area (Å²) in [6, 6.07) is 7.46. The molecule has 0 fully saturated rings. The maximum absolute atomic E-state index is 13.4. The van der Waals surface area contributed by atoms with Crippen LogP contribution in [0, 0.1) is 5.82 Å². The van der Waals surface area contributed by atoms with E-state index < -0.39 is 5.91 Å². The van der Waals surface area contributed by atoms with Crippen LogP contribution in [-0.4, -0.2) is 68.8 Å². The molecule has 0 radical (unpaired) electrons. The van der Waals surface area contributed by atoms with Crippen LogP contribution in [0.2, 0.25) is 0 Å². The molecule has 1 aliphatic rings. The standard InChI is InChI=1S/C23H27ClFN3O5/c1-15-14-33-23-19(28(15)20(29)13-24)12-17(11-16-3-5-18(25)6-4-16)21(27-23)22(30)26-7-8-32-10-9-31-2/h3-6,12,15H,7-11,13-14H2,1-2H3,(H,26,30). The molecule has 1 aliphatic heterocycles. The fraction of sp³-hybridized carbons (Fsp3) is 0.435. The van der Waals surface area contributed by atoms with Crippen LogP contribution < -0.4 is 15.0 Å². The molecule has 2 amide bonds. The number of carbonyl (C=O) groups excluding carboxylic acids is 2. The maximum Gasteiger partial charge on any atom is 0.270 e. The summed E-state index contributed by atoms with van der Waals surface area (Å²) in [5.74, 6) is -1.04. The van der Waals surface area contributed by atoms with Crippen molar-refractivity contribution in [3.05, 3.63) is 53.0 Å². The Bertz CT molecular complexity index is 973. The van der Waals surface area contributed by atoms with E-state index in [4.69, 9.17) is 25.8 Å². The van der Waals surface area contributed by atoms with Crippen LogP contribution in [-0.2, 0) is 20.7 Å². The average Bonchev–Trinajstić information content (AvgIpc) is 2.81. The minimum absolute atomic E-state index is 0.169. The van der Waals surface area contributed by atoms with Crippen LogP contribution in [0.5, 0.6) is 5.88 Å². The molecule has 0 spiro atoms. The molecular formula is C23H27ClFN3O5. The van der Waals surface area contributed by atoms with E-state index in [0.29, 0.717) is 37.5 Å². The van der Waals surface area contributed by atoms with Crippen molar-refractivity contribution in [2.24, 2.45) is 0 Å². The van der Waals surface area contributed by atoms with Gasteiger partial charge >= 0.3 is 0 Å². The molecule has 0 saturated heterocycles. The Morgan fingerprint density at radius 1 is 1.27 bits per heavy atom. The molecular weight excluding hydrogens is 453 g/mol. The number of aromatic nitrogens is 1. The van der Waals surface area contributed by atoms with Gasteiger partial charge in [0.2, 0.25) is 11.8 Å². The Morgan fingerprint density at radius 3 is 2.73 bits per heavy atom. The molecule has 0 aliphatic carbocycles. The predicted octanol–water partition coefficient (Wildman–Crippen LogP) is 2.56. The van der Waals surface area contributed by atoms with Crippen molar-refractivity contribution >= 4 is 29.1 Å². The lowest BCUT2D eigenvalue weighted by molar-refractivity contribution is -0.117. The number of rotatable bonds is 10. The number of anilines is 1. The van der Waals surface area contributed by atoms with Gasteiger partial charge in [-0.2, -0.15) is 0 Å². The minimum atomic E-state index is -0.400. The van der Waals surface area contributed by atoms with Crippen LogP contribution in [0.3, 0.4) is 0 Å². The average molecular weight is 480 g/mol. The Balaban J connectivity index is 1.89. The highest BCUT2D eigenvalue weighted by Crippen LogP contribution is 2.35. The molecule has 0 bridgehead atoms. The van der Waals surface area contributed by atoms with Gasteiger partial charge in [-0.05, 0) is 42.7 Å². The quantitative estimate of drug-likeness (QED) is 0.416. The molecule has 33 heavy (non-hydrogen) atoms. The summed E-state index contributed by atoms with van der Waals surface area (Å²) in [5, 5.41) is 2.79. The second-order valence-corrected chi connectivity index (χ2v) is 7.81. The lowest BCUT2D eigenvalue weighted by Crippen LogP contribution is -2.46. The van der Waals surface area contributed by atoms with Crippen molar-refractivity contribution in [3.63, 3.8) is 0 Å². The summed E-state index contributed by atoms with van der Waals surface area (Å²) in [4.78, 5) is 31.4. The van der Waals surface area contributed by atoms with Gasteiger partial charge < -0.3 is 24.4 Å². The largest absolute Gasteiger partial charge is 0.474 e. The monoisotopic (exact) mass is 479 g/mol. The van der Waals surface area contributed by atoms with E-state index in [1.807, 2.05) is 6.92 Å². The number of hydrogen-bond donors (Lipinski definition) is 1. The second kappa shape index (κ2) is 11.9. The summed E-state index contributed by atoms with van der Waals surface area (Å²) >= 11 is 5.81. The van der Waals surface area contributed by atoms with Gasteiger partial charge in [0.1, 0.15) is 29.7 Å². The molecule has 0 saturated carbocycles. The fourth-order valence-electron chi connectivity index (χ4n) is 3.48. The molecule has 1 N–H and O–H groups in total. The Hall–Kier alpha value is -2.75. The number of hydrogen-bond acceptors (Lipinski definition) is 6. The maximum atomic E-state index is 13.4. The van der Waals surface area contributed by atoms with E-state index in [2.05, 4.69) is 10.3 Å². The highest BCUT2D eigenvalue weighted by molar-refractivity contribution is 6.29. The van der Waals surface area contributed by atoms with Crippen molar-refractivity contribution in [1.82, 2.24) is 10.3 Å². The van der Waals surface area contributed by atoms with E-state index in [-0.39, 0.29) is 48.4 Å². The molecule has 1 unspecified atom stereocenters. The number of amides is 2. The number of halogens is 2. The van der Waals surface area contributed by atoms with Crippen LogP contribution in [0.15, 0.2) is 30.3 Å². The molecule has 1 aromatic heterocycles. The second-order valence-electron chi connectivity index (χ2n) is 7.54. The normalized spacial score (nSPS) is 15.0. The first-order chi connectivity index (χ1) is 15.9. The topological polar surface area (TPSA) is 90.0 Å². The molecule has 2 heterocycles. The van der Waals surface area contributed by atoms with Gasteiger partial charge in [-0.3, -0.25) is 9.59 Å². The van der Waals surface area contributed by atoms with E-state index >= 15 is 0 Å². The summed E-state index contributed by atoms with van der Waals surface area (Å²) in [6.07, 6.45) is 0.310. The van der Waals surface area contributed by atoms with Gasteiger partial charge in [0.15, 0.2) is 0 Å². The lowest BCUT2D eigenvalue weighted by atomic mass is 10.0. The summed E-state index contributed by atoms with van der Waals surface area (Å²) in [7, 11) is 1.58. The first kappa shape index (κ1) is 24.9. The third kappa shape index (κ3) is 6.40. The molecule has 3 rings (SSSR count). The van der Waals surface area contributed by atoms with Crippen molar-refractivity contribution in [3.8, 4) is 5.88 Å². The van der Waals surface area contributed by atoms with Crippen molar-refractivity contribution < 1.29 is 28.2 Å². The van der Waals surface area contributed by atoms with Gasteiger partial charge in [0, 0.05) is 13.7 Å². The molecule has 8 nitrogen and oxygen atoms in total. The van der Waals surface area contributed by atoms with Crippen LogP contribution in [0.4, 0.5) is 10.1 Å². The Kier molecular flexibility index (Phi) is 8.99. The molecule has 178 valence electrons. The number of ether oxygens (including phenoxy) is 3. The smallest absolute Gasteiger partial charge is 0.270 e. The summed E-state index contributed by atoms with van der Waals surface area (Å²) in [5.41, 5.74) is 1.98. The number of benzene rings is 1. The fourth-order valence-corrected chi connectivity index (χ4v) is 3.61. The Morgan fingerprint density at radius 2 is 2.03 bits per heavy atom. The highest BCUT2D eigenvalue weighted by Gasteiger charge is 2.32. The molecule has 1 aromatic carbocycles. The van der Waals surface area contributed by atoms with Gasteiger partial charge in [-0.15, -0.1) is 11.6 Å². The molecule has 1 atom stereocenters. The van der Waals surface area contributed by atoms with E-state index in [1.165, 1.54) is 12.1 Å². The first-order valence-corrected chi connectivity index (χ1v) is 11.1. The van der Waals surface area contributed by atoms with Crippen molar-refractivity contribution in [1.29, 1.82) is 0 Å².